The summed E-state index contributed by atoms with van der Waals surface area (Å²) in [7, 11) is 0. The van der Waals surface area contributed by atoms with Gasteiger partial charge in [-0.05, 0) is 67.9 Å². The summed E-state index contributed by atoms with van der Waals surface area (Å²) in [5, 5.41) is 14.6. The third-order valence-electron chi connectivity index (χ3n) is 4.70. The third kappa shape index (κ3) is 5.94. The topological polar surface area (TPSA) is 91.2 Å². The van der Waals surface area contributed by atoms with Crippen molar-refractivity contribution in [2.24, 2.45) is 0 Å². The standard InChI is InChI=1S/C25H23N3O3/c1-17(27-24(29)18(2)31-23-13-11-19(16-26)12-14-23)21-9-6-10-22(15-21)28-25(30)20-7-4-3-5-8-20/h3-15,17-18H,1-2H3,(H,27,29)(H,28,30). The number of nitrogens with zero attached hydrogens (tertiary/aromatic N) is 1. The van der Waals surface area contributed by atoms with Crippen molar-refractivity contribution in [3.63, 3.8) is 0 Å². The molecule has 3 rings (SSSR count). The van der Waals surface area contributed by atoms with E-state index in [9.17, 15) is 9.59 Å². The molecule has 0 saturated heterocycles. The number of hydrogen-bond acceptors (Lipinski definition) is 4. The van der Waals surface area contributed by atoms with Crippen LogP contribution in [0, 0.1) is 11.3 Å². The molecule has 0 aliphatic heterocycles. The second-order valence-corrected chi connectivity index (χ2v) is 7.07. The van der Waals surface area contributed by atoms with Crippen LogP contribution in [0.2, 0.25) is 0 Å². The molecule has 2 N–H and O–H groups in total. The Balaban J connectivity index is 1.59. The van der Waals surface area contributed by atoms with E-state index >= 15 is 0 Å². The van der Waals surface area contributed by atoms with Crippen LogP contribution in [0.25, 0.3) is 0 Å². The van der Waals surface area contributed by atoms with E-state index in [-0.39, 0.29) is 17.9 Å². The van der Waals surface area contributed by atoms with Crippen LogP contribution in [0.1, 0.15) is 41.4 Å². The smallest absolute Gasteiger partial charge is 0.261 e. The Hall–Kier alpha value is -4.11. The molecule has 0 fully saturated rings. The number of carbonyl (C=O) groups excluding carboxylic acids is 2. The van der Waals surface area contributed by atoms with Gasteiger partial charge in [0, 0.05) is 11.3 Å². The molecule has 2 atom stereocenters. The van der Waals surface area contributed by atoms with Crippen LogP contribution in [0.15, 0.2) is 78.9 Å². The van der Waals surface area contributed by atoms with Gasteiger partial charge in [0.05, 0.1) is 17.7 Å². The second kappa shape index (κ2) is 10.1. The molecule has 2 amide bonds. The summed E-state index contributed by atoms with van der Waals surface area (Å²) in [4.78, 5) is 24.9. The molecule has 0 bridgehead atoms. The maximum absolute atomic E-state index is 12.5. The van der Waals surface area contributed by atoms with Gasteiger partial charge in [-0.1, -0.05) is 30.3 Å². The van der Waals surface area contributed by atoms with Gasteiger partial charge in [-0.25, -0.2) is 0 Å². The lowest BCUT2D eigenvalue weighted by Gasteiger charge is -2.19. The minimum Gasteiger partial charge on any atom is -0.481 e. The number of carbonyl (C=O) groups is 2. The Labute approximate surface area is 181 Å². The summed E-state index contributed by atoms with van der Waals surface area (Å²) >= 11 is 0. The Morgan fingerprint density at radius 3 is 2.32 bits per heavy atom. The van der Waals surface area contributed by atoms with Crippen molar-refractivity contribution >= 4 is 17.5 Å². The number of nitriles is 1. The summed E-state index contributed by atoms with van der Waals surface area (Å²) in [6.07, 6.45) is -0.712. The van der Waals surface area contributed by atoms with E-state index in [0.717, 1.165) is 5.56 Å². The predicted molar refractivity (Wildman–Crippen MR) is 119 cm³/mol. The highest BCUT2D eigenvalue weighted by Gasteiger charge is 2.18. The minimum atomic E-state index is -0.712. The highest BCUT2D eigenvalue weighted by molar-refractivity contribution is 6.04. The molecule has 0 aromatic heterocycles. The monoisotopic (exact) mass is 413 g/mol. The number of rotatable bonds is 7. The first kappa shape index (κ1) is 21.6. The minimum absolute atomic E-state index is 0.195. The van der Waals surface area contributed by atoms with Crippen molar-refractivity contribution in [2.45, 2.75) is 26.0 Å². The van der Waals surface area contributed by atoms with Crippen LogP contribution in [-0.4, -0.2) is 17.9 Å². The number of amides is 2. The number of hydrogen-bond donors (Lipinski definition) is 2. The molecule has 0 aliphatic rings. The maximum Gasteiger partial charge on any atom is 0.261 e. The molecule has 6 heteroatoms. The van der Waals surface area contributed by atoms with Gasteiger partial charge in [-0.2, -0.15) is 5.26 Å². The van der Waals surface area contributed by atoms with Crippen molar-refractivity contribution in [2.75, 3.05) is 5.32 Å². The first-order valence-corrected chi connectivity index (χ1v) is 9.90. The Kier molecular flexibility index (Phi) is 7.02. The van der Waals surface area contributed by atoms with E-state index in [1.165, 1.54) is 0 Å². The van der Waals surface area contributed by atoms with Crippen molar-refractivity contribution in [3.8, 4) is 11.8 Å². The summed E-state index contributed by atoms with van der Waals surface area (Å²) in [6, 6.07) is 24.7. The zero-order valence-corrected chi connectivity index (χ0v) is 17.3. The van der Waals surface area contributed by atoms with Crippen molar-refractivity contribution in [1.82, 2.24) is 5.32 Å². The fourth-order valence-electron chi connectivity index (χ4n) is 2.96. The van der Waals surface area contributed by atoms with E-state index in [2.05, 4.69) is 10.6 Å². The van der Waals surface area contributed by atoms with Crippen LogP contribution < -0.4 is 15.4 Å². The SMILES string of the molecule is CC(Oc1ccc(C#N)cc1)C(=O)NC(C)c1cccc(NC(=O)c2ccccc2)c1. The van der Waals surface area contributed by atoms with Gasteiger partial charge < -0.3 is 15.4 Å². The molecule has 0 radical (unpaired) electrons. The average Bonchev–Trinajstić information content (AvgIpc) is 2.80. The molecule has 0 aliphatic carbocycles. The first-order valence-electron chi connectivity index (χ1n) is 9.90. The molecule has 31 heavy (non-hydrogen) atoms. The molecule has 0 spiro atoms. The normalized spacial score (nSPS) is 12.2. The second-order valence-electron chi connectivity index (χ2n) is 7.07. The third-order valence-corrected chi connectivity index (χ3v) is 4.70. The molecular weight excluding hydrogens is 390 g/mol. The lowest BCUT2D eigenvalue weighted by molar-refractivity contribution is -0.127. The van der Waals surface area contributed by atoms with E-state index in [0.29, 0.717) is 22.6 Å². The van der Waals surface area contributed by atoms with Crippen LogP contribution in [0.5, 0.6) is 5.75 Å². The van der Waals surface area contributed by atoms with Gasteiger partial charge in [-0.15, -0.1) is 0 Å². The lowest BCUT2D eigenvalue weighted by atomic mass is 10.1. The Bertz CT molecular complexity index is 1090. The largest absolute Gasteiger partial charge is 0.481 e. The number of ether oxygens (including phenoxy) is 1. The van der Waals surface area contributed by atoms with Crippen LogP contribution in [0.3, 0.4) is 0 Å². The molecule has 3 aromatic rings. The molecule has 0 saturated carbocycles. The van der Waals surface area contributed by atoms with E-state index in [4.69, 9.17) is 10.00 Å². The Morgan fingerprint density at radius 2 is 1.65 bits per heavy atom. The zero-order chi connectivity index (χ0) is 22.2. The van der Waals surface area contributed by atoms with Crippen LogP contribution in [-0.2, 0) is 4.79 Å². The average molecular weight is 413 g/mol. The summed E-state index contributed by atoms with van der Waals surface area (Å²) in [5.74, 6) is 0.0504. The van der Waals surface area contributed by atoms with Gasteiger partial charge in [0.1, 0.15) is 5.75 Å². The van der Waals surface area contributed by atoms with Gasteiger partial charge in [0.25, 0.3) is 11.8 Å². The lowest BCUT2D eigenvalue weighted by Crippen LogP contribution is -2.37. The summed E-state index contributed by atoms with van der Waals surface area (Å²) in [5.41, 5.74) is 2.60. The van der Waals surface area contributed by atoms with Gasteiger partial charge in [0.15, 0.2) is 6.10 Å². The number of benzene rings is 3. The predicted octanol–water partition coefficient (Wildman–Crippen LogP) is 4.46. The first-order chi connectivity index (χ1) is 15.0. The van der Waals surface area contributed by atoms with E-state index < -0.39 is 6.10 Å². The summed E-state index contributed by atoms with van der Waals surface area (Å²) in [6.45, 7) is 3.53. The van der Waals surface area contributed by atoms with E-state index in [1.54, 1.807) is 49.4 Å². The van der Waals surface area contributed by atoms with Gasteiger partial charge >= 0.3 is 0 Å². The molecular formula is C25H23N3O3. The van der Waals surface area contributed by atoms with Crippen molar-refractivity contribution < 1.29 is 14.3 Å². The van der Waals surface area contributed by atoms with Crippen molar-refractivity contribution in [3.05, 3.63) is 95.6 Å². The Morgan fingerprint density at radius 1 is 0.935 bits per heavy atom. The molecule has 156 valence electrons. The highest BCUT2D eigenvalue weighted by Crippen LogP contribution is 2.19. The maximum atomic E-state index is 12.5. The fraction of sp³-hybridized carbons (Fsp3) is 0.160. The van der Waals surface area contributed by atoms with E-state index in [1.807, 2.05) is 49.4 Å². The van der Waals surface area contributed by atoms with Crippen LogP contribution >= 0.6 is 0 Å². The molecule has 0 heterocycles. The fourth-order valence-corrected chi connectivity index (χ4v) is 2.96. The molecule has 6 nitrogen and oxygen atoms in total. The van der Waals surface area contributed by atoms with Gasteiger partial charge in [-0.3, -0.25) is 9.59 Å². The molecule has 2 unspecified atom stereocenters. The number of nitrogens with one attached hydrogen (secondary N) is 2. The highest BCUT2D eigenvalue weighted by atomic mass is 16.5. The van der Waals surface area contributed by atoms with Crippen molar-refractivity contribution in [1.29, 1.82) is 5.26 Å². The number of anilines is 1. The quantitative estimate of drug-likeness (QED) is 0.598. The summed E-state index contributed by atoms with van der Waals surface area (Å²) < 4.78 is 5.66. The molecule has 3 aromatic carbocycles. The van der Waals surface area contributed by atoms with Gasteiger partial charge in [0.2, 0.25) is 0 Å². The van der Waals surface area contributed by atoms with Crippen LogP contribution in [0.4, 0.5) is 5.69 Å². The zero-order valence-electron chi connectivity index (χ0n) is 17.3.